The molecule has 2 heterocycles. The highest BCUT2D eigenvalue weighted by atomic mass is 19.1. The molecule has 6 nitrogen and oxygen atoms in total. The molecule has 0 spiro atoms. The predicted octanol–water partition coefficient (Wildman–Crippen LogP) is 4.45. The Kier molecular flexibility index (Phi) is 5.74. The molecule has 0 aliphatic rings. The summed E-state index contributed by atoms with van der Waals surface area (Å²) in [6.45, 7) is 0.559. The topological polar surface area (TPSA) is 89.8 Å². The first-order valence-corrected chi connectivity index (χ1v) is 9.74. The highest BCUT2D eigenvalue weighted by molar-refractivity contribution is 5.69. The number of rotatable bonds is 6. The van der Waals surface area contributed by atoms with Gasteiger partial charge in [-0.05, 0) is 67.1 Å². The number of hydrogen-bond donors (Lipinski definition) is 1. The van der Waals surface area contributed by atoms with E-state index >= 15 is 0 Å². The normalized spacial score (nSPS) is 10.6. The molecule has 0 saturated carbocycles. The Morgan fingerprint density at radius 2 is 1.87 bits per heavy atom. The van der Waals surface area contributed by atoms with Gasteiger partial charge in [0.25, 0.3) is 0 Å². The minimum atomic E-state index is -0.306. The van der Waals surface area contributed by atoms with Gasteiger partial charge in [-0.3, -0.25) is 4.98 Å². The average molecular weight is 413 g/mol. The Hall–Kier alpha value is -4.02. The molecule has 4 rings (SSSR count). The molecule has 4 aromatic rings. The van der Waals surface area contributed by atoms with Crippen LogP contribution in [0.5, 0.6) is 11.6 Å². The van der Waals surface area contributed by atoms with E-state index in [1.807, 2.05) is 18.2 Å². The van der Waals surface area contributed by atoms with Gasteiger partial charge in [0.15, 0.2) is 0 Å². The van der Waals surface area contributed by atoms with Gasteiger partial charge in [0, 0.05) is 30.4 Å². The lowest BCUT2D eigenvalue weighted by atomic mass is 10.1. The van der Waals surface area contributed by atoms with E-state index in [9.17, 15) is 9.65 Å². The largest absolute Gasteiger partial charge is 0.439 e. The lowest BCUT2D eigenvalue weighted by Gasteiger charge is -2.11. The Balaban J connectivity index is 1.69. The van der Waals surface area contributed by atoms with Crippen molar-refractivity contribution in [1.82, 2.24) is 14.8 Å². The third kappa shape index (κ3) is 4.44. The summed E-state index contributed by atoms with van der Waals surface area (Å²) in [7, 11) is 1.76. The van der Waals surface area contributed by atoms with Crippen LogP contribution < -0.4 is 10.5 Å². The van der Waals surface area contributed by atoms with E-state index in [2.05, 4.69) is 16.2 Å². The number of halogens is 1. The second-order valence-electron chi connectivity index (χ2n) is 7.01. The van der Waals surface area contributed by atoms with E-state index < -0.39 is 0 Å². The molecule has 0 fully saturated rings. The molecule has 0 atom stereocenters. The van der Waals surface area contributed by atoms with E-state index in [-0.39, 0.29) is 5.82 Å². The maximum atomic E-state index is 13.2. The smallest absolute Gasteiger partial charge is 0.218 e. The highest BCUT2D eigenvalue weighted by Gasteiger charge is 2.14. The number of nitrogens with two attached hydrogens (primary N) is 1. The third-order valence-electron chi connectivity index (χ3n) is 4.84. The maximum absolute atomic E-state index is 13.2. The first-order chi connectivity index (χ1) is 15.1. The van der Waals surface area contributed by atoms with Crippen LogP contribution in [0.1, 0.15) is 11.1 Å². The van der Waals surface area contributed by atoms with Crippen molar-refractivity contribution in [2.75, 3.05) is 6.54 Å². The standard InChI is InChI=1S/C24H20FN5O/c1-30-24(13-22(29-30)18-4-6-19(25)7-5-18)31-23-12-17(14-27)2-8-20(23)21-9-3-16(10-11-26)15-28-21/h2-9,12-13,15H,10-11,26H2,1H3. The number of aryl methyl sites for hydroxylation is 1. The van der Waals surface area contributed by atoms with Crippen molar-refractivity contribution < 1.29 is 9.13 Å². The van der Waals surface area contributed by atoms with E-state index in [1.54, 1.807) is 48.3 Å². The van der Waals surface area contributed by atoms with Crippen LogP contribution in [0.3, 0.4) is 0 Å². The van der Waals surface area contributed by atoms with E-state index in [0.717, 1.165) is 28.8 Å². The summed E-state index contributed by atoms with van der Waals surface area (Å²) in [4.78, 5) is 4.53. The van der Waals surface area contributed by atoms with Gasteiger partial charge in [-0.25, -0.2) is 9.07 Å². The molecule has 0 unspecified atom stereocenters. The summed E-state index contributed by atoms with van der Waals surface area (Å²) in [5.74, 6) is 0.668. The zero-order chi connectivity index (χ0) is 21.8. The Labute approximate surface area is 179 Å². The zero-order valence-electron chi connectivity index (χ0n) is 16.9. The third-order valence-corrected chi connectivity index (χ3v) is 4.84. The second-order valence-corrected chi connectivity index (χ2v) is 7.01. The van der Waals surface area contributed by atoms with Gasteiger partial charge in [0.05, 0.1) is 23.0 Å². The summed E-state index contributed by atoms with van der Waals surface area (Å²) in [6.07, 6.45) is 2.55. The van der Waals surface area contributed by atoms with Crippen molar-refractivity contribution in [2.24, 2.45) is 12.8 Å². The molecule has 0 aliphatic heterocycles. The first-order valence-electron chi connectivity index (χ1n) is 9.74. The molecule has 2 N–H and O–H groups in total. The van der Waals surface area contributed by atoms with Crippen molar-refractivity contribution in [3.63, 3.8) is 0 Å². The predicted molar refractivity (Wildman–Crippen MR) is 116 cm³/mol. The molecular formula is C24H20FN5O. The molecule has 0 amide bonds. The number of aromatic nitrogens is 3. The van der Waals surface area contributed by atoms with Crippen LogP contribution in [0.25, 0.3) is 22.5 Å². The van der Waals surface area contributed by atoms with Crippen molar-refractivity contribution in [1.29, 1.82) is 5.26 Å². The van der Waals surface area contributed by atoms with Crippen molar-refractivity contribution in [3.05, 3.63) is 83.8 Å². The van der Waals surface area contributed by atoms with Crippen LogP contribution in [0.15, 0.2) is 66.9 Å². The number of benzene rings is 2. The molecular weight excluding hydrogens is 393 g/mol. The molecule has 0 bridgehead atoms. The average Bonchev–Trinajstić information content (AvgIpc) is 3.15. The van der Waals surface area contributed by atoms with Crippen LogP contribution in [0.2, 0.25) is 0 Å². The number of ether oxygens (including phenoxy) is 1. The van der Waals surface area contributed by atoms with Gasteiger partial charge in [-0.15, -0.1) is 0 Å². The molecule has 31 heavy (non-hydrogen) atoms. The van der Waals surface area contributed by atoms with E-state index in [0.29, 0.717) is 29.4 Å². The maximum Gasteiger partial charge on any atom is 0.218 e. The molecule has 0 saturated heterocycles. The molecule has 0 radical (unpaired) electrons. The minimum Gasteiger partial charge on any atom is -0.439 e. The molecule has 2 aromatic carbocycles. The van der Waals surface area contributed by atoms with Crippen LogP contribution in [0.4, 0.5) is 4.39 Å². The van der Waals surface area contributed by atoms with Gasteiger partial charge in [0.1, 0.15) is 11.6 Å². The Bertz CT molecular complexity index is 1240. The van der Waals surface area contributed by atoms with Gasteiger partial charge < -0.3 is 10.5 Å². The lowest BCUT2D eigenvalue weighted by Crippen LogP contribution is -2.03. The van der Waals surface area contributed by atoms with Crippen LogP contribution in [-0.4, -0.2) is 21.3 Å². The van der Waals surface area contributed by atoms with Gasteiger partial charge in [-0.2, -0.15) is 10.4 Å². The summed E-state index contributed by atoms with van der Waals surface area (Å²) in [5.41, 5.74) is 10.0. The van der Waals surface area contributed by atoms with Crippen LogP contribution in [0, 0.1) is 17.1 Å². The number of nitrogens with zero attached hydrogens (tertiary/aromatic N) is 4. The van der Waals surface area contributed by atoms with Crippen molar-refractivity contribution >= 4 is 0 Å². The fourth-order valence-electron chi connectivity index (χ4n) is 3.21. The van der Waals surface area contributed by atoms with Crippen LogP contribution in [-0.2, 0) is 13.5 Å². The first kappa shape index (κ1) is 20.3. The fourth-order valence-corrected chi connectivity index (χ4v) is 3.21. The Morgan fingerprint density at radius 3 is 2.55 bits per heavy atom. The van der Waals surface area contributed by atoms with Crippen molar-refractivity contribution in [3.8, 4) is 40.2 Å². The fraction of sp³-hybridized carbons (Fsp3) is 0.125. The SMILES string of the molecule is Cn1nc(-c2ccc(F)cc2)cc1Oc1cc(C#N)ccc1-c1ccc(CCN)cn1. The number of nitriles is 1. The number of pyridine rings is 1. The molecule has 2 aromatic heterocycles. The van der Waals surface area contributed by atoms with Crippen molar-refractivity contribution in [2.45, 2.75) is 6.42 Å². The lowest BCUT2D eigenvalue weighted by molar-refractivity contribution is 0.432. The zero-order valence-corrected chi connectivity index (χ0v) is 16.9. The highest BCUT2D eigenvalue weighted by Crippen LogP contribution is 2.34. The van der Waals surface area contributed by atoms with Gasteiger partial charge >= 0.3 is 0 Å². The molecule has 0 aliphatic carbocycles. The minimum absolute atomic E-state index is 0.306. The molecule has 154 valence electrons. The molecule has 7 heteroatoms. The van der Waals surface area contributed by atoms with E-state index in [4.69, 9.17) is 10.5 Å². The summed E-state index contributed by atoms with van der Waals surface area (Å²) in [6, 6.07) is 19.1. The second kappa shape index (κ2) is 8.78. The summed E-state index contributed by atoms with van der Waals surface area (Å²) < 4.78 is 21.0. The quantitative estimate of drug-likeness (QED) is 0.504. The monoisotopic (exact) mass is 413 g/mol. The van der Waals surface area contributed by atoms with Gasteiger partial charge in [0.2, 0.25) is 5.88 Å². The number of hydrogen-bond acceptors (Lipinski definition) is 5. The summed E-state index contributed by atoms with van der Waals surface area (Å²) >= 11 is 0. The summed E-state index contributed by atoms with van der Waals surface area (Å²) in [5, 5.41) is 13.8. The Morgan fingerprint density at radius 1 is 1.06 bits per heavy atom. The van der Waals surface area contributed by atoms with Gasteiger partial charge in [-0.1, -0.05) is 6.07 Å². The van der Waals surface area contributed by atoms with Crippen LogP contribution >= 0.6 is 0 Å². The van der Waals surface area contributed by atoms with E-state index in [1.165, 1.54) is 12.1 Å².